The average molecular weight is 297 g/mol. The van der Waals surface area contributed by atoms with Gasteiger partial charge in [-0.1, -0.05) is 5.21 Å². The lowest BCUT2D eigenvalue weighted by atomic mass is 10.1. The molecule has 1 saturated heterocycles. The van der Waals surface area contributed by atoms with Crippen LogP contribution in [0.15, 0.2) is 6.20 Å². The predicted octanol–water partition coefficient (Wildman–Crippen LogP) is -0.966. The van der Waals surface area contributed by atoms with Crippen molar-refractivity contribution in [1.29, 1.82) is 0 Å². The SMILES string of the molecule is O=C(O)COCCNC(=O)c1cn(C2CCNCC2)nn1. The lowest BCUT2D eigenvalue weighted by Crippen LogP contribution is -2.30. The lowest BCUT2D eigenvalue weighted by Gasteiger charge is -2.22. The number of nitrogens with one attached hydrogen (secondary N) is 2. The van der Waals surface area contributed by atoms with E-state index in [2.05, 4.69) is 20.9 Å². The van der Waals surface area contributed by atoms with Crippen molar-refractivity contribution in [2.24, 2.45) is 0 Å². The number of carbonyl (C=O) groups is 2. The summed E-state index contributed by atoms with van der Waals surface area (Å²) in [6.45, 7) is 1.87. The maximum atomic E-state index is 11.8. The smallest absolute Gasteiger partial charge is 0.329 e. The summed E-state index contributed by atoms with van der Waals surface area (Å²) < 4.78 is 6.55. The molecule has 1 fully saturated rings. The molecule has 0 saturated carbocycles. The molecule has 0 atom stereocenters. The number of piperidine rings is 1. The van der Waals surface area contributed by atoms with Gasteiger partial charge in [-0.25, -0.2) is 9.48 Å². The van der Waals surface area contributed by atoms with Crippen molar-refractivity contribution in [2.75, 3.05) is 32.8 Å². The number of carboxylic acids is 1. The second kappa shape index (κ2) is 7.70. The Bertz CT molecular complexity index is 484. The summed E-state index contributed by atoms with van der Waals surface area (Å²) in [6, 6.07) is 0.277. The normalized spacial score (nSPS) is 15.8. The van der Waals surface area contributed by atoms with E-state index in [1.807, 2.05) is 0 Å². The van der Waals surface area contributed by atoms with Crippen LogP contribution in [0.1, 0.15) is 29.4 Å². The molecule has 2 rings (SSSR count). The first kappa shape index (κ1) is 15.4. The highest BCUT2D eigenvalue weighted by Gasteiger charge is 2.18. The summed E-state index contributed by atoms with van der Waals surface area (Å²) in [4.78, 5) is 22.1. The van der Waals surface area contributed by atoms with Gasteiger partial charge in [0.1, 0.15) is 6.61 Å². The van der Waals surface area contributed by atoms with Gasteiger partial charge in [0.25, 0.3) is 5.91 Å². The molecule has 21 heavy (non-hydrogen) atoms. The van der Waals surface area contributed by atoms with Gasteiger partial charge in [0.2, 0.25) is 0 Å². The Kier molecular flexibility index (Phi) is 5.64. The minimum Gasteiger partial charge on any atom is -0.480 e. The maximum absolute atomic E-state index is 11.8. The van der Waals surface area contributed by atoms with Crippen LogP contribution in [0, 0.1) is 0 Å². The Morgan fingerprint density at radius 3 is 2.95 bits per heavy atom. The predicted molar refractivity (Wildman–Crippen MR) is 72.0 cm³/mol. The molecule has 1 aromatic heterocycles. The highest BCUT2D eigenvalue weighted by Crippen LogP contribution is 2.16. The molecule has 0 unspecified atom stereocenters. The second-order valence-electron chi connectivity index (χ2n) is 4.77. The first-order valence-electron chi connectivity index (χ1n) is 6.87. The lowest BCUT2D eigenvalue weighted by molar-refractivity contribution is -0.142. The number of amides is 1. The van der Waals surface area contributed by atoms with Crippen LogP contribution in [-0.2, 0) is 9.53 Å². The van der Waals surface area contributed by atoms with Gasteiger partial charge in [-0.15, -0.1) is 5.10 Å². The summed E-state index contributed by atoms with van der Waals surface area (Å²) in [7, 11) is 0. The van der Waals surface area contributed by atoms with E-state index in [-0.39, 0.29) is 37.4 Å². The molecule has 116 valence electrons. The number of aliphatic carboxylic acids is 1. The molecule has 0 aromatic carbocycles. The Hall–Kier alpha value is -2.00. The highest BCUT2D eigenvalue weighted by atomic mass is 16.5. The molecule has 1 aliphatic heterocycles. The molecule has 3 N–H and O–H groups in total. The van der Waals surface area contributed by atoms with Gasteiger partial charge < -0.3 is 20.5 Å². The average Bonchev–Trinajstić information content (AvgIpc) is 2.97. The summed E-state index contributed by atoms with van der Waals surface area (Å²) in [6.07, 6.45) is 3.57. The Labute approximate surface area is 121 Å². The molecule has 0 aliphatic carbocycles. The fourth-order valence-corrected chi connectivity index (χ4v) is 2.12. The van der Waals surface area contributed by atoms with Gasteiger partial charge >= 0.3 is 5.97 Å². The van der Waals surface area contributed by atoms with Gasteiger partial charge in [-0.2, -0.15) is 0 Å². The third-order valence-electron chi connectivity index (χ3n) is 3.18. The van der Waals surface area contributed by atoms with Gasteiger partial charge in [-0.05, 0) is 25.9 Å². The van der Waals surface area contributed by atoms with Crippen LogP contribution in [0.25, 0.3) is 0 Å². The van der Waals surface area contributed by atoms with E-state index >= 15 is 0 Å². The van der Waals surface area contributed by atoms with Crippen LogP contribution in [-0.4, -0.2) is 64.8 Å². The van der Waals surface area contributed by atoms with Gasteiger partial charge in [0, 0.05) is 6.54 Å². The molecule has 9 heteroatoms. The number of aromatic nitrogens is 3. The van der Waals surface area contributed by atoms with E-state index in [1.165, 1.54) is 0 Å². The van der Waals surface area contributed by atoms with Crippen LogP contribution in [0.3, 0.4) is 0 Å². The Balaban J connectivity index is 1.75. The van der Waals surface area contributed by atoms with E-state index in [9.17, 15) is 9.59 Å². The van der Waals surface area contributed by atoms with Crippen molar-refractivity contribution in [3.63, 3.8) is 0 Å². The van der Waals surface area contributed by atoms with Crippen molar-refractivity contribution in [3.05, 3.63) is 11.9 Å². The Morgan fingerprint density at radius 2 is 2.24 bits per heavy atom. The fourth-order valence-electron chi connectivity index (χ4n) is 2.12. The maximum Gasteiger partial charge on any atom is 0.329 e. The number of ether oxygens (including phenoxy) is 1. The number of hydrogen-bond donors (Lipinski definition) is 3. The Morgan fingerprint density at radius 1 is 1.48 bits per heavy atom. The standard InChI is InChI=1S/C12H19N5O4/c18-11(19)8-21-6-5-14-12(20)10-7-17(16-15-10)9-1-3-13-4-2-9/h7,9,13H,1-6,8H2,(H,14,20)(H,18,19). The minimum absolute atomic E-state index is 0.139. The summed E-state index contributed by atoms with van der Waals surface area (Å²) in [5.41, 5.74) is 0.256. The van der Waals surface area contributed by atoms with Crippen molar-refractivity contribution in [2.45, 2.75) is 18.9 Å². The molecule has 9 nitrogen and oxygen atoms in total. The first-order valence-corrected chi connectivity index (χ1v) is 6.87. The zero-order valence-electron chi connectivity index (χ0n) is 11.6. The quantitative estimate of drug-likeness (QED) is 0.554. The van der Waals surface area contributed by atoms with Crippen LogP contribution >= 0.6 is 0 Å². The van der Waals surface area contributed by atoms with Gasteiger partial charge in [0.15, 0.2) is 5.69 Å². The van der Waals surface area contributed by atoms with Gasteiger partial charge in [-0.3, -0.25) is 4.79 Å². The highest BCUT2D eigenvalue weighted by molar-refractivity contribution is 5.91. The molecular weight excluding hydrogens is 278 g/mol. The second-order valence-corrected chi connectivity index (χ2v) is 4.77. The minimum atomic E-state index is -1.04. The number of hydrogen-bond acceptors (Lipinski definition) is 6. The topological polar surface area (TPSA) is 118 Å². The zero-order valence-corrected chi connectivity index (χ0v) is 11.6. The molecular formula is C12H19N5O4. The van der Waals surface area contributed by atoms with E-state index < -0.39 is 5.97 Å². The summed E-state index contributed by atoms with van der Waals surface area (Å²) >= 11 is 0. The van der Waals surface area contributed by atoms with E-state index in [0.717, 1.165) is 25.9 Å². The monoisotopic (exact) mass is 297 g/mol. The number of carbonyl (C=O) groups excluding carboxylic acids is 1. The molecule has 1 aliphatic rings. The van der Waals surface area contributed by atoms with E-state index in [1.54, 1.807) is 10.9 Å². The molecule has 2 heterocycles. The molecule has 0 spiro atoms. The third-order valence-corrected chi connectivity index (χ3v) is 3.18. The molecule has 0 radical (unpaired) electrons. The molecule has 1 amide bonds. The first-order chi connectivity index (χ1) is 10.2. The number of rotatable bonds is 7. The summed E-state index contributed by atoms with van der Waals surface area (Å²) in [5, 5.41) is 22.1. The number of carboxylic acid groups (broad SMARTS) is 1. The van der Waals surface area contributed by atoms with Crippen LogP contribution in [0.2, 0.25) is 0 Å². The van der Waals surface area contributed by atoms with Crippen LogP contribution in [0.5, 0.6) is 0 Å². The summed E-state index contributed by atoms with van der Waals surface area (Å²) in [5.74, 6) is -1.37. The van der Waals surface area contributed by atoms with Crippen molar-refractivity contribution in [3.8, 4) is 0 Å². The van der Waals surface area contributed by atoms with E-state index in [0.29, 0.717) is 0 Å². The molecule has 1 aromatic rings. The largest absolute Gasteiger partial charge is 0.480 e. The fraction of sp³-hybridized carbons (Fsp3) is 0.667. The van der Waals surface area contributed by atoms with Crippen molar-refractivity contribution in [1.82, 2.24) is 25.6 Å². The van der Waals surface area contributed by atoms with E-state index in [4.69, 9.17) is 9.84 Å². The number of nitrogens with zero attached hydrogens (tertiary/aromatic N) is 3. The van der Waals surface area contributed by atoms with Crippen molar-refractivity contribution < 1.29 is 19.4 Å². The van der Waals surface area contributed by atoms with Crippen LogP contribution < -0.4 is 10.6 Å². The third kappa shape index (κ3) is 4.80. The van der Waals surface area contributed by atoms with Gasteiger partial charge in [0.05, 0.1) is 18.8 Å². The van der Waals surface area contributed by atoms with Crippen molar-refractivity contribution >= 4 is 11.9 Å². The van der Waals surface area contributed by atoms with Crippen LogP contribution in [0.4, 0.5) is 0 Å². The zero-order chi connectivity index (χ0) is 15.1. The molecule has 0 bridgehead atoms.